The largest absolute Gasteiger partial charge is 0.444 e. The average molecular weight is 202 g/mol. The number of nitrogen functional groups attached to an aromatic ring is 1. The minimum absolute atomic E-state index is 0.385. The molecule has 0 unspecified atom stereocenters. The number of benzene rings is 1. The summed E-state index contributed by atoms with van der Waals surface area (Å²) in [5.41, 5.74) is 8.28. The number of aromatic nitrogens is 1. The van der Waals surface area contributed by atoms with Crippen molar-refractivity contribution in [3.8, 4) is 11.5 Å². The van der Waals surface area contributed by atoms with Gasteiger partial charge in [-0.3, -0.25) is 0 Å². The minimum atomic E-state index is 0.385. The Morgan fingerprint density at radius 1 is 1.20 bits per heavy atom. The molecule has 15 heavy (non-hydrogen) atoms. The van der Waals surface area contributed by atoms with Crippen molar-refractivity contribution in [3.05, 3.63) is 36.2 Å². The molecular formula is C12H14N2O. The van der Waals surface area contributed by atoms with Crippen molar-refractivity contribution >= 4 is 5.69 Å². The second-order valence-electron chi connectivity index (χ2n) is 3.85. The molecule has 1 aromatic carbocycles. The number of rotatable bonds is 2. The molecule has 0 spiro atoms. The van der Waals surface area contributed by atoms with E-state index in [4.69, 9.17) is 10.2 Å². The number of nitrogens with two attached hydrogens (primary N) is 1. The van der Waals surface area contributed by atoms with Crippen LogP contribution in [0.3, 0.4) is 0 Å². The third kappa shape index (κ3) is 2.01. The fraction of sp³-hybridized carbons (Fsp3) is 0.250. The molecular weight excluding hydrogens is 188 g/mol. The predicted octanol–water partition coefficient (Wildman–Crippen LogP) is 3.05. The molecule has 0 saturated heterocycles. The Morgan fingerprint density at radius 3 is 2.40 bits per heavy atom. The van der Waals surface area contributed by atoms with Gasteiger partial charge in [-0.25, -0.2) is 4.98 Å². The van der Waals surface area contributed by atoms with Crippen molar-refractivity contribution < 1.29 is 4.42 Å². The molecule has 2 rings (SSSR count). The SMILES string of the molecule is CC(C)c1coc(-c2ccc(N)cc2)n1. The molecule has 1 aromatic heterocycles. The molecule has 0 fully saturated rings. The lowest BCUT2D eigenvalue weighted by Gasteiger charge is -1.97. The van der Waals surface area contributed by atoms with Crippen molar-refractivity contribution in [1.29, 1.82) is 0 Å². The first-order chi connectivity index (χ1) is 7.16. The van der Waals surface area contributed by atoms with Gasteiger partial charge in [0.25, 0.3) is 0 Å². The van der Waals surface area contributed by atoms with Gasteiger partial charge < -0.3 is 10.2 Å². The van der Waals surface area contributed by atoms with Crippen molar-refractivity contribution in [2.24, 2.45) is 0 Å². The quantitative estimate of drug-likeness (QED) is 0.761. The third-order valence-corrected chi connectivity index (χ3v) is 2.27. The van der Waals surface area contributed by atoms with Crippen LogP contribution < -0.4 is 5.73 Å². The first-order valence-corrected chi connectivity index (χ1v) is 4.98. The number of anilines is 1. The number of oxazole rings is 1. The van der Waals surface area contributed by atoms with E-state index < -0.39 is 0 Å². The van der Waals surface area contributed by atoms with Crippen LogP contribution in [0.25, 0.3) is 11.5 Å². The molecule has 3 heteroatoms. The molecule has 78 valence electrons. The lowest BCUT2D eigenvalue weighted by molar-refractivity contribution is 0.571. The summed E-state index contributed by atoms with van der Waals surface area (Å²) in [6.07, 6.45) is 1.70. The molecule has 0 bridgehead atoms. The van der Waals surface area contributed by atoms with Gasteiger partial charge in [0.1, 0.15) is 6.26 Å². The second-order valence-corrected chi connectivity index (χ2v) is 3.85. The van der Waals surface area contributed by atoms with E-state index in [1.165, 1.54) is 0 Å². The molecule has 0 saturated carbocycles. The van der Waals surface area contributed by atoms with Crippen molar-refractivity contribution in [2.45, 2.75) is 19.8 Å². The predicted molar refractivity (Wildman–Crippen MR) is 60.4 cm³/mol. The topological polar surface area (TPSA) is 52.0 Å². The van der Waals surface area contributed by atoms with Gasteiger partial charge in [0.05, 0.1) is 5.69 Å². The van der Waals surface area contributed by atoms with Gasteiger partial charge in [0.2, 0.25) is 5.89 Å². The molecule has 2 N–H and O–H groups in total. The Hall–Kier alpha value is -1.77. The van der Waals surface area contributed by atoms with Crippen LogP contribution in [0.1, 0.15) is 25.5 Å². The van der Waals surface area contributed by atoms with Crippen LogP contribution in [0.2, 0.25) is 0 Å². The van der Waals surface area contributed by atoms with Crippen LogP contribution >= 0.6 is 0 Å². The lowest BCUT2D eigenvalue weighted by atomic mass is 10.1. The van der Waals surface area contributed by atoms with Gasteiger partial charge in [-0.05, 0) is 30.2 Å². The molecule has 0 atom stereocenters. The molecule has 0 aliphatic heterocycles. The van der Waals surface area contributed by atoms with Crippen LogP contribution in [0.5, 0.6) is 0 Å². The maximum absolute atomic E-state index is 5.61. The molecule has 1 heterocycles. The van der Waals surface area contributed by atoms with Crippen LogP contribution in [-0.4, -0.2) is 4.98 Å². The molecule has 3 nitrogen and oxygen atoms in total. The van der Waals surface area contributed by atoms with Crippen LogP contribution in [0, 0.1) is 0 Å². The number of nitrogens with zero attached hydrogens (tertiary/aromatic N) is 1. The van der Waals surface area contributed by atoms with Crippen LogP contribution in [0.4, 0.5) is 5.69 Å². The normalized spacial score (nSPS) is 10.9. The zero-order chi connectivity index (χ0) is 10.8. The van der Waals surface area contributed by atoms with Crippen LogP contribution in [0.15, 0.2) is 34.9 Å². The molecule has 0 aliphatic carbocycles. The van der Waals surface area contributed by atoms with Gasteiger partial charge in [0, 0.05) is 11.3 Å². The van der Waals surface area contributed by atoms with Gasteiger partial charge in [0.15, 0.2) is 0 Å². The van der Waals surface area contributed by atoms with E-state index in [0.29, 0.717) is 11.8 Å². The van der Waals surface area contributed by atoms with Gasteiger partial charge in [-0.15, -0.1) is 0 Å². The maximum Gasteiger partial charge on any atom is 0.226 e. The summed E-state index contributed by atoms with van der Waals surface area (Å²) in [6.45, 7) is 4.18. The highest BCUT2D eigenvalue weighted by atomic mass is 16.3. The summed E-state index contributed by atoms with van der Waals surface area (Å²) in [5.74, 6) is 1.04. The summed E-state index contributed by atoms with van der Waals surface area (Å²) in [7, 11) is 0. The Morgan fingerprint density at radius 2 is 1.87 bits per heavy atom. The third-order valence-electron chi connectivity index (χ3n) is 2.27. The van der Waals surface area contributed by atoms with E-state index in [9.17, 15) is 0 Å². The van der Waals surface area contributed by atoms with E-state index in [2.05, 4.69) is 18.8 Å². The maximum atomic E-state index is 5.61. The highest BCUT2D eigenvalue weighted by Gasteiger charge is 2.08. The molecule has 0 aliphatic rings. The summed E-state index contributed by atoms with van der Waals surface area (Å²) >= 11 is 0. The zero-order valence-electron chi connectivity index (χ0n) is 8.90. The smallest absolute Gasteiger partial charge is 0.226 e. The molecule has 0 amide bonds. The van der Waals surface area contributed by atoms with Crippen molar-refractivity contribution in [1.82, 2.24) is 4.98 Å². The van der Waals surface area contributed by atoms with E-state index in [-0.39, 0.29) is 0 Å². The monoisotopic (exact) mass is 202 g/mol. The first-order valence-electron chi connectivity index (χ1n) is 4.98. The number of hydrogen-bond acceptors (Lipinski definition) is 3. The van der Waals surface area contributed by atoms with Gasteiger partial charge in [-0.2, -0.15) is 0 Å². The number of hydrogen-bond donors (Lipinski definition) is 1. The summed E-state index contributed by atoms with van der Waals surface area (Å²) in [5, 5.41) is 0. The standard InChI is InChI=1S/C12H14N2O/c1-8(2)11-7-15-12(14-11)9-3-5-10(13)6-4-9/h3-8H,13H2,1-2H3. The van der Waals surface area contributed by atoms with Crippen molar-refractivity contribution in [2.75, 3.05) is 5.73 Å². The summed E-state index contributed by atoms with van der Waals surface area (Å²) in [4.78, 5) is 4.40. The highest BCUT2D eigenvalue weighted by Crippen LogP contribution is 2.22. The fourth-order valence-corrected chi connectivity index (χ4v) is 1.31. The van der Waals surface area contributed by atoms with E-state index in [1.807, 2.05) is 24.3 Å². The lowest BCUT2D eigenvalue weighted by Crippen LogP contribution is -1.87. The Kier molecular flexibility index (Phi) is 2.46. The van der Waals surface area contributed by atoms with E-state index in [1.54, 1.807) is 6.26 Å². The van der Waals surface area contributed by atoms with Gasteiger partial charge in [-0.1, -0.05) is 13.8 Å². The average Bonchev–Trinajstić information content (AvgIpc) is 2.68. The summed E-state index contributed by atoms with van der Waals surface area (Å²) in [6, 6.07) is 7.50. The fourth-order valence-electron chi connectivity index (χ4n) is 1.31. The first kappa shape index (κ1) is 9.77. The highest BCUT2D eigenvalue weighted by molar-refractivity contribution is 5.57. The zero-order valence-corrected chi connectivity index (χ0v) is 8.90. The van der Waals surface area contributed by atoms with Crippen LogP contribution in [-0.2, 0) is 0 Å². The molecule has 0 radical (unpaired) electrons. The van der Waals surface area contributed by atoms with E-state index in [0.717, 1.165) is 16.9 Å². The Labute approximate surface area is 88.9 Å². The van der Waals surface area contributed by atoms with Gasteiger partial charge >= 0.3 is 0 Å². The Bertz CT molecular complexity index is 443. The minimum Gasteiger partial charge on any atom is -0.444 e. The van der Waals surface area contributed by atoms with Crippen molar-refractivity contribution in [3.63, 3.8) is 0 Å². The second kappa shape index (κ2) is 3.77. The molecule has 2 aromatic rings. The Balaban J connectivity index is 2.33. The van der Waals surface area contributed by atoms with E-state index >= 15 is 0 Å². The summed E-state index contributed by atoms with van der Waals surface area (Å²) < 4.78 is 5.40.